The number of amides is 1. The molecule has 0 unspecified atom stereocenters. The summed E-state index contributed by atoms with van der Waals surface area (Å²) in [6.45, 7) is 0.139. The summed E-state index contributed by atoms with van der Waals surface area (Å²) in [7, 11) is 0. The normalized spacial score (nSPS) is 29.1. The number of aromatic hydroxyl groups is 4. The minimum absolute atomic E-state index is 0.0782. The molecule has 0 radical (unpaired) electrons. The molecule has 30 heavy (non-hydrogen) atoms. The van der Waals surface area contributed by atoms with Crippen molar-refractivity contribution < 1.29 is 25.2 Å². The molecule has 4 aliphatic carbocycles. The van der Waals surface area contributed by atoms with Crippen molar-refractivity contribution >= 4 is 5.91 Å². The molecule has 0 aromatic heterocycles. The van der Waals surface area contributed by atoms with E-state index in [-0.39, 0.29) is 40.5 Å². The zero-order chi connectivity index (χ0) is 21.0. The van der Waals surface area contributed by atoms with Gasteiger partial charge in [-0.15, -0.1) is 0 Å². The van der Waals surface area contributed by atoms with Crippen LogP contribution in [0.1, 0.15) is 60.0 Å². The molecule has 2 aromatic carbocycles. The average Bonchev–Trinajstić information content (AvgIpc) is 2.67. The molecular formula is C24H27NO5. The first-order valence-electron chi connectivity index (χ1n) is 10.7. The summed E-state index contributed by atoms with van der Waals surface area (Å²) in [5.41, 5.74) is 1.48. The summed E-state index contributed by atoms with van der Waals surface area (Å²) in [5, 5.41) is 42.8. The lowest BCUT2D eigenvalue weighted by Gasteiger charge is -2.57. The zero-order valence-electron chi connectivity index (χ0n) is 16.8. The van der Waals surface area contributed by atoms with Gasteiger partial charge < -0.3 is 25.7 Å². The fourth-order valence-corrected chi connectivity index (χ4v) is 6.58. The molecule has 1 amide bonds. The smallest absolute Gasteiger partial charge is 0.255 e. The molecule has 5 N–H and O–H groups in total. The van der Waals surface area contributed by atoms with Crippen LogP contribution in [0.4, 0.5) is 0 Å². The molecule has 4 saturated carbocycles. The van der Waals surface area contributed by atoms with Gasteiger partial charge in [-0.1, -0.05) is 6.07 Å². The predicted molar refractivity (Wildman–Crippen MR) is 111 cm³/mol. The number of rotatable bonds is 4. The van der Waals surface area contributed by atoms with Gasteiger partial charge in [0.25, 0.3) is 5.91 Å². The highest BCUT2D eigenvalue weighted by Gasteiger charge is 2.52. The number of carbonyl (C=O) groups is 1. The Morgan fingerprint density at radius 1 is 0.833 bits per heavy atom. The van der Waals surface area contributed by atoms with E-state index >= 15 is 0 Å². The van der Waals surface area contributed by atoms with Crippen LogP contribution in [0.3, 0.4) is 0 Å². The maximum atomic E-state index is 12.8. The summed E-state index contributed by atoms with van der Waals surface area (Å²) >= 11 is 0. The predicted octanol–water partition coefficient (Wildman–Crippen LogP) is 3.91. The Hall–Kier alpha value is -2.89. The topological polar surface area (TPSA) is 110 Å². The molecule has 6 rings (SSSR count). The van der Waals surface area contributed by atoms with Gasteiger partial charge in [0.1, 0.15) is 11.5 Å². The van der Waals surface area contributed by atoms with Crippen LogP contribution in [-0.4, -0.2) is 26.3 Å². The van der Waals surface area contributed by atoms with Crippen LogP contribution >= 0.6 is 0 Å². The SMILES string of the molecule is O=C(NCc1ccc(O)c(O)c1)c1cc(C23CC4CC(CC(C4)C2)C3)c(O)cc1O. The summed E-state index contributed by atoms with van der Waals surface area (Å²) in [6.07, 6.45) is 6.99. The Balaban J connectivity index is 1.41. The zero-order valence-corrected chi connectivity index (χ0v) is 16.8. The third-order valence-electron chi connectivity index (χ3n) is 7.46. The third-order valence-corrected chi connectivity index (χ3v) is 7.46. The van der Waals surface area contributed by atoms with Crippen molar-refractivity contribution in [2.24, 2.45) is 17.8 Å². The minimum atomic E-state index is -0.439. The second-order valence-corrected chi connectivity index (χ2v) is 9.59. The number of hydrogen-bond donors (Lipinski definition) is 5. The van der Waals surface area contributed by atoms with Crippen LogP contribution in [0.5, 0.6) is 23.0 Å². The van der Waals surface area contributed by atoms with Crippen LogP contribution in [0, 0.1) is 17.8 Å². The number of benzene rings is 2. The van der Waals surface area contributed by atoms with E-state index in [1.165, 1.54) is 37.5 Å². The highest BCUT2D eigenvalue weighted by molar-refractivity contribution is 5.97. The van der Waals surface area contributed by atoms with Gasteiger partial charge in [0, 0.05) is 18.2 Å². The van der Waals surface area contributed by atoms with Crippen molar-refractivity contribution in [2.45, 2.75) is 50.5 Å². The van der Waals surface area contributed by atoms with Crippen molar-refractivity contribution in [3.8, 4) is 23.0 Å². The van der Waals surface area contributed by atoms with Crippen molar-refractivity contribution in [1.29, 1.82) is 0 Å². The summed E-state index contributed by atoms with van der Waals surface area (Å²) in [5.74, 6) is 1.02. The Bertz CT molecular complexity index is 980. The molecule has 0 heterocycles. The van der Waals surface area contributed by atoms with Crippen molar-refractivity contribution in [3.05, 3.63) is 47.0 Å². The maximum Gasteiger partial charge on any atom is 0.255 e. The van der Waals surface area contributed by atoms with E-state index in [2.05, 4.69) is 5.32 Å². The first kappa shape index (κ1) is 19.1. The van der Waals surface area contributed by atoms with Crippen molar-refractivity contribution in [3.63, 3.8) is 0 Å². The molecular weight excluding hydrogens is 382 g/mol. The van der Waals surface area contributed by atoms with Crippen LogP contribution in [-0.2, 0) is 12.0 Å². The van der Waals surface area contributed by atoms with Gasteiger partial charge in [0.15, 0.2) is 11.5 Å². The first-order chi connectivity index (χ1) is 14.3. The van der Waals surface area contributed by atoms with E-state index in [9.17, 15) is 25.2 Å². The lowest BCUT2D eigenvalue weighted by Crippen LogP contribution is -2.48. The molecule has 2 aromatic rings. The van der Waals surface area contributed by atoms with Gasteiger partial charge in [-0.3, -0.25) is 4.79 Å². The number of nitrogens with one attached hydrogen (secondary N) is 1. The second kappa shape index (κ2) is 6.83. The number of carbonyl (C=O) groups excluding carboxylic acids is 1. The maximum absolute atomic E-state index is 12.8. The van der Waals surface area contributed by atoms with Crippen LogP contribution in [0.25, 0.3) is 0 Å². The molecule has 4 aliphatic rings. The Morgan fingerprint density at radius 3 is 2.07 bits per heavy atom. The Labute approximate surface area is 175 Å². The molecule has 6 nitrogen and oxygen atoms in total. The van der Waals surface area contributed by atoms with Crippen molar-refractivity contribution in [1.82, 2.24) is 5.32 Å². The Kier molecular flexibility index (Phi) is 4.34. The van der Waals surface area contributed by atoms with Crippen LogP contribution in [0.15, 0.2) is 30.3 Å². The standard InChI is InChI=1S/C24H27NO5/c26-19-2-1-13(6-22(19)29)12-25-23(30)17-7-18(21(28)8-20(17)27)24-9-14-3-15(10-24)5-16(4-14)11-24/h1-2,6-8,14-16,26-29H,3-5,9-12H2,(H,25,30). The molecule has 0 aliphatic heterocycles. The fourth-order valence-electron chi connectivity index (χ4n) is 6.58. The lowest BCUT2D eigenvalue weighted by molar-refractivity contribution is -0.00617. The number of phenolic OH excluding ortho intramolecular Hbond substituents is 4. The monoisotopic (exact) mass is 409 g/mol. The highest BCUT2D eigenvalue weighted by Crippen LogP contribution is 2.62. The van der Waals surface area contributed by atoms with Crippen molar-refractivity contribution in [2.75, 3.05) is 0 Å². The van der Waals surface area contributed by atoms with E-state index in [0.717, 1.165) is 24.8 Å². The van der Waals surface area contributed by atoms with E-state index in [1.807, 2.05) is 0 Å². The minimum Gasteiger partial charge on any atom is -0.508 e. The Morgan fingerprint density at radius 2 is 1.47 bits per heavy atom. The number of phenols is 4. The van der Waals surface area contributed by atoms with Gasteiger partial charge in [0.2, 0.25) is 0 Å². The molecule has 0 saturated heterocycles. The molecule has 6 heteroatoms. The third kappa shape index (κ3) is 3.15. The van der Waals surface area contributed by atoms with Crippen LogP contribution in [0.2, 0.25) is 0 Å². The first-order valence-corrected chi connectivity index (χ1v) is 10.7. The fraction of sp³-hybridized carbons (Fsp3) is 0.458. The van der Waals surface area contributed by atoms with Gasteiger partial charge in [-0.2, -0.15) is 0 Å². The van der Waals surface area contributed by atoms with E-state index in [4.69, 9.17) is 0 Å². The lowest BCUT2D eigenvalue weighted by atomic mass is 9.48. The summed E-state index contributed by atoms with van der Waals surface area (Å²) < 4.78 is 0. The second-order valence-electron chi connectivity index (χ2n) is 9.59. The van der Waals surface area contributed by atoms with Gasteiger partial charge in [-0.05, 0) is 85.5 Å². The van der Waals surface area contributed by atoms with Gasteiger partial charge in [0.05, 0.1) is 5.56 Å². The summed E-state index contributed by atoms with van der Waals surface area (Å²) in [6, 6.07) is 7.33. The van der Waals surface area contributed by atoms with Gasteiger partial charge in [-0.25, -0.2) is 0 Å². The van der Waals surface area contributed by atoms with E-state index in [1.54, 1.807) is 12.1 Å². The molecule has 4 bridgehead atoms. The molecule has 0 atom stereocenters. The quantitative estimate of drug-likeness (QED) is 0.492. The van der Waals surface area contributed by atoms with Gasteiger partial charge >= 0.3 is 0 Å². The largest absolute Gasteiger partial charge is 0.508 e. The van der Waals surface area contributed by atoms with E-state index < -0.39 is 5.91 Å². The number of hydrogen-bond acceptors (Lipinski definition) is 5. The molecule has 0 spiro atoms. The molecule has 158 valence electrons. The summed E-state index contributed by atoms with van der Waals surface area (Å²) in [4.78, 5) is 12.8. The highest BCUT2D eigenvalue weighted by atomic mass is 16.3. The van der Waals surface area contributed by atoms with Crippen LogP contribution < -0.4 is 5.32 Å². The molecule has 4 fully saturated rings. The average molecular weight is 409 g/mol. The van der Waals surface area contributed by atoms with E-state index in [0.29, 0.717) is 23.3 Å².